The summed E-state index contributed by atoms with van der Waals surface area (Å²) in [6.45, 7) is 8.00. The molecule has 0 aliphatic rings. The molecule has 0 radical (unpaired) electrons. The van der Waals surface area contributed by atoms with Crippen LogP contribution in [0, 0.1) is 0 Å². The average Bonchev–Trinajstić information content (AvgIpc) is 2.07. The van der Waals surface area contributed by atoms with E-state index in [0.29, 0.717) is 5.75 Å². The first kappa shape index (κ1) is 13.4. The van der Waals surface area contributed by atoms with Crippen LogP contribution in [0.2, 0.25) is 0 Å². The van der Waals surface area contributed by atoms with Gasteiger partial charge in [-0.1, -0.05) is 18.1 Å². The summed E-state index contributed by atoms with van der Waals surface area (Å²) in [6, 6.07) is 0. The molecule has 0 bridgehead atoms. The van der Waals surface area contributed by atoms with Crippen LogP contribution in [0.15, 0.2) is 13.2 Å². The monoisotopic (exact) mass is 193 g/mol. The summed E-state index contributed by atoms with van der Waals surface area (Å²) in [7, 11) is 1.49. The summed E-state index contributed by atoms with van der Waals surface area (Å²) < 4.78 is 0. The highest BCUT2D eigenvalue weighted by atomic mass is 32.8. The molecular formula is C7H15NOS2. The first-order chi connectivity index (χ1) is 5.20. The molecule has 0 aliphatic carbocycles. The van der Waals surface area contributed by atoms with Gasteiger partial charge < -0.3 is 5.32 Å². The first-order valence-corrected chi connectivity index (χ1v) is 5.75. The Hall–Kier alpha value is -0.220. The lowest BCUT2D eigenvalue weighted by atomic mass is 10.7. The second-order valence-electron chi connectivity index (χ2n) is 1.55. The molecular weight excluding hydrogens is 178 g/mol. The molecule has 0 rings (SSSR count). The number of carbonyl (C=O) groups is 1. The van der Waals surface area contributed by atoms with Crippen molar-refractivity contribution in [2.24, 2.45) is 0 Å². The Bertz CT molecular complexity index is 122. The third kappa shape index (κ3) is 9.78. The molecule has 2 nitrogen and oxygen atoms in total. The zero-order valence-corrected chi connectivity index (χ0v) is 8.69. The number of rotatable bonds is 3. The molecule has 0 saturated heterocycles. The van der Waals surface area contributed by atoms with Crippen LogP contribution in [0.3, 0.4) is 0 Å². The van der Waals surface area contributed by atoms with E-state index in [2.05, 4.69) is 18.5 Å². The molecule has 66 valence electrons. The van der Waals surface area contributed by atoms with Crippen LogP contribution in [0.1, 0.15) is 6.92 Å². The molecule has 1 atom stereocenters. The summed E-state index contributed by atoms with van der Waals surface area (Å²) in [4.78, 5) is 10.6. The summed E-state index contributed by atoms with van der Waals surface area (Å²) in [5.74, 6) is 1.47. The number of hydrogen-bond donors (Lipinski definition) is 1. The topological polar surface area (TPSA) is 29.1 Å². The predicted octanol–water partition coefficient (Wildman–Crippen LogP) is 0.635. The molecule has 0 aromatic heterocycles. The minimum atomic E-state index is -0.136. The SMILES string of the molecule is C=C.CCS(=S)CC(=O)NC. The predicted molar refractivity (Wildman–Crippen MR) is 55.5 cm³/mol. The van der Waals surface area contributed by atoms with Crippen LogP contribution in [-0.4, -0.2) is 24.5 Å². The highest BCUT2D eigenvalue weighted by Gasteiger charge is 1.97. The van der Waals surface area contributed by atoms with Gasteiger partial charge in [0.05, 0.1) is 5.75 Å². The third-order valence-corrected chi connectivity index (χ3v) is 3.18. The summed E-state index contributed by atoms with van der Waals surface area (Å²) >= 11 is 4.95. The van der Waals surface area contributed by atoms with Crippen molar-refractivity contribution in [3.8, 4) is 0 Å². The average molecular weight is 193 g/mol. The van der Waals surface area contributed by atoms with Crippen molar-refractivity contribution in [3.63, 3.8) is 0 Å². The van der Waals surface area contributed by atoms with Gasteiger partial charge in [0, 0.05) is 7.05 Å². The largest absolute Gasteiger partial charge is 0.358 e. The van der Waals surface area contributed by atoms with E-state index in [4.69, 9.17) is 11.2 Å². The molecule has 4 heteroatoms. The van der Waals surface area contributed by atoms with Gasteiger partial charge in [-0.2, -0.15) is 0 Å². The van der Waals surface area contributed by atoms with Gasteiger partial charge in [-0.25, -0.2) is 0 Å². The number of hydrogen-bond acceptors (Lipinski definition) is 2. The van der Waals surface area contributed by atoms with Gasteiger partial charge in [0.25, 0.3) is 0 Å². The lowest BCUT2D eigenvalue weighted by molar-refractivity contribution is -0.118. The molecule has 0 aromatic rings. The minimum absolute atomic E-state index is 0.0511. The van der Waals surface area contributed by atoms with E-state index >= 15 is 0 Å². The fourth-order valence-corrected chi connectivity index (χ4v) is 1.28. The maximum absolute atomic E-state index is 10.6. The van der Waals surface area contributed by atoms with E-state index in [1.807, 2.05) is 6.92 Å². The van der Waals surface area contributed by atoms with E-state index in [1.54, 1.807) is 7.05 Å². The van der Waals surface area contributed by atoms with Crippen molar-refractivity contribution in [2.75, 3.05) is 18.6 Å². The lowest BCUT2D eigenvalue weighted by Crippen LogP contribution is -2.24. The van der Waals surface area contributed by atoms with Crippen LogP contribution >= 0.6 is 0 Å². The summed E-state index contributed by atoms with van der Waals surface area (Å²) in [5, 5.41) is 2.53. The van der Waals surface area contributed by atoms with E-state index in [1.165, 1.54) is 0 Å². The third-order valence-electron chi connectivity index (χ3n) is 0.893. The van der Waals surface area contributed by atoms with Crippen molar-refractivity contribution in [3.05, 3.63) is 13.2 Å². The van der Waals surface area contributed by atoms with Crippen LogP contribution in [0.25, 0.3) is 0 Å². The number of nitrogens with one attached hydrogen (secondary N) is 1. The maximum Gasteiger partial charge on any atom is 0.230 e. The molecule has 0 aliphatic heterocycles. The fraction of sp³-hybridized carbons (Fsp3) is 0.571. The van der Waals surface area contributed by atoms with E-state index in [-0.39, 0.29) is 15.4 Å². The highest BCUT2D eigenvalue weighted by molar-refractivity contribution is 8.29. The lowest BCUT2D eigenvalue weighted by Gasteiger charge is -1.98. The minimum Gasteiger partial charge on any atom is -0.358 e. The van der Waals surface area contributed by atoms with Crippen molar-refractivity contribution >= 4 is 26.5 Å². The molecule has 1 amide bonds. The van der Waals surface area contributed by atoms with Crippen molar-refractivity contribution < 1.29 is 4.79 Å². The smallest absolute Gasteiger partial charge is 0.230 e. The Labute approximate surface area is 75.7 Å². The number of amides is 1. The maximum atomic E-state index is 10.6. The standard InChI is InChI=1S/C5H11NOS2.C2H4/c1-3-9(8)4-5(7)6-2;1-2/h3-4H2,1-2H3,(H,6,7);1-2H2. The van der Waals surface area contributed by atoms with Crippen molar-refractivity contribution in [1.82, 2.24) is 5.32 Å². The van der Waals surface area contributed by atoms with Crippen molar-refractivity contribution in [2.45, 2.75) is 6.92 Å². The summed E-state index contributed by atoms with van der Waals surface area (Å²) in [6.07, 6.45) is 0. The van der Waals surface area contributed by atoms with E-state index in [9.17, 15) is 4.79 Å². The summed E-state index contributed by atoms with van der Waals surface area (Å²) in [5.41, 5.74) is 0. The molecule has 1 unspecified atom stereocenters. The zero-order chi connectivity index (χ0) is 9.28. The van der Waals surface area contributed by atoms with E-state index < -0.39 is 0 Å². The Morgan fingerprint density at radius 1 is 1.64 bits per heavy atom. The van der Waals surface area contributed by atoms with Crippen molar-refractivity contribution in [1.29, 1.82) is 0 Å². The van der Waals surface area contributed by atoms with Gasteiger partial charge in [0.2, 0.25) is 5.91 Å². The van der Waals surface area contributed by atoms with Gasteiger partial charge in [-0.05, 0) is 5.75 Å². The van der Waals surface area contributed by atoms with E-state index in [0.717, 1.165) is 5.75 Å². The van der Waals surface area contributed by atoms with Gasteiger partial charge in [-0.3, -0.25) is 4.79 Å². The molecule has 0 fully saturated rings. The fourth-order valence-electron chi connectivity index (χ4n) is 0.320. The Morgan fingerprint density at radius 2 is 2.09 bits per heavy atom. The second kappa shape index (κ2) is 9.78. The highest BCUT2D eigenvalue weighted by Crippen LogP contribution is 1.80. The van der Waals surface area contributed by atoms with Gasteiger partial charge in [0.1, 0.15) is 0 Å². The molecule has 0 saturated carbocycles. The Balaban J connectivity index is 0. The Morgan fingerprint density at radius 3 is 2.36 bits per heavy atom. The zero-order valence-electron chi connectivity index (χ0n) is 7.05. The molecule has 0 heterocycles. The molecule has 1 N–H and O–H groups in total. The van der Waals surface area contributed by atoms with Crippen LogP contribution in [-0.2, 0) is 25.4 Å². The first-order valence-electron chi connectivity index (χ1n) is 3.26. The molecule has 0 spiro atoms. The molecule has 0 aromatic carbocycles. The normalized spacial score (nSPS) is 10.7. The number of carbonyl (C=O) groups excluding carboxylic acids is 1. The van der Waals surface area contributed by atoms with Gasteiger partial charge in [-0.15, -0.1) is 22.6 Å². The second-order valence-corrected chi connectivity index (χ2v) is 4.71. The van der Waals surface area contributed by atoms with Gasteiger partial charge in [0.15, 0.2) is 0 Å². The van der Waals surface area contributed by atoms with Gasteiger partial charge >= 0.3 is 0 Å². The Kier molecular flexibility index (Phi) is 11.9. The van der Waals surface area contributed by atoms with Crippen LogP contribution < -0.4 is 5.32 Å². The molecule has 11 heavy (non-hydrogen) atoms. The van der Waals surface area contributed by atoms with Crippen LogP contribution in [0.4, 0.5) is 0 Å². The quantitative estimate of drug-likeness (QED) is 0.666. The van der Waals surface area contributed by atoms with Crippen LogP contribution in [0.5, 0.6) is 0 Å².